The first-order chi connectivity index (χ1) is 7.88. The van der Waals surface area contributed by atoms with Gasteiger partial charge in [-0.05, 0) is 13.8 Å². The molecule has 3 N–H and O–H groups in total. The number of ether oxygens (including phenoxy) is 1. The summed E-state index contributed by atoms with van der Waals surface area (Å²) in [6.45, 7) is 3.48. The van der Waals surface area contributed by atoms with Gasteiger partial charge in [0.15, 0.2) is 5.60 Å². The molecule has 0 unspecified atom stereocenters. The molecule has 1 rings (SSSR count). The highest BCUT2D eigenvalue weighted by Crippen LogP contribution is 2.17. The molecule has 0 aromatic carbocycles. The van der Waals surface area contributed by atoms with E-state index in [1.165, 1.54) is 0 Å². The first-order valence-electron chi connectivity index (χ1n) is 4.95. The van der Waals surface area contributed by atoms with E-state index < -0.39 is 5.60 Å². The molecule has 7 nitrogen and oxygen atoms in total. The van der Waals surface area contributed by atoms with Crippen LogP contribution in [0.5, 0.6) is 6.01 Å². The van der Waals surface area contributed by atoms with Gasteiger partial charge in [-0.1, -0.05) is 5.92 Å². The van der Waals surface area contributed by atoms with Crippen molar-refractivity contribution in [2.75, 3.05) is 24.4 Å². The fourth-order valence-corrected chi connectivity index (χ4v) is 0.914. The standard InChI is InChI=1S/C10H16N6O/c1-6-10(2,3)17-9-13-7(15-11)12-8(14-9)16(4)5/h1H,11H2,2-5H3,(H,12,13,14,15). The Kier molecular flexibility index (Phi) is 3.70. The van der Waals surface area contributed by atoms with Gasteiger partial charge in [0.25, 0.3) is 0 Å². The van der Waals surface area contributed by atoms with Crippen molar-refractivity contribution in [3.05, 3.63) is 0 Å². The lowest BCUT2D eigenvalue weighted by molar-refractivity contribution is 0.156. The molecule has 17 heavy (non-hydrogen) atoms. The van der Waals surface area contributed by atoms with Crippen LogP contribution in [0.2, 0.25) is 0 Å². The van der Waals surface area contributed by atoms with E-state index in [9.17, 15) is 0 Å². The van der Waals surface area contributed by atoms with Crippen LogP contribution in [0.15, 0.2) is 0 Å². The minimum absolute atomic E-state index is 0.125. The first-order valence-corrected chi connectivity index (χ1v) is 4.95. The number of anilines is 2. The molecule has 0 saturated heterocycles. The predicted molar refractivity (Wildman–Crippen MR) is 65.5 cm³/mol. The van der Waals surface area contributed by atoms with Crippen molar-refractivity contribution in [1.29, 1.82) is 0 Å². The molecular formula is C10H16N6O. The summed E-state index contributed by atoms with van der Waals surface area (Å²) in [7, 11) is 3.59. The number of nitrogens with one attached hydrogen (secondary N) is 1. The van der Waals surface area contributed by atoms with Gasteiger partial charge in [-0.3, -0.25) is 5.43 Å². The lowest BCUT2D eigenvalue weighted by Gasteiger charge is -2.19. The molecule has 7 heteroatoms. The van der Waals surface area contributed by atoms with Crippen LogP contribution in [0.4, 0.5) is 11.9 Å². The van der Waals surface area contributed by atoms with Crippen molar-refractivity contribution in [3.63, 3.8) is 0 Å². The number of hydrogen-bond donors (Lipinski definition) is 2. The van der Waals surface area contributed by atoms with Gasteiger partial charge >= 0.3 is 6.01 Å². The Morgan fingerprint density at radius 1 is 1.35 bits per heavy atom. The number of terminal acetylenes is 1. The van der Waals surface area contributed by atoms with Crippen molar-refractivity contribution in [1.82, 2.24) is 15.0 Å². The maximum absolute atomic E-state index is 5.46. The molecule has 92 valence electrons. The summed E-state index contributed by atoms with van der Waals surface area (Å²) < 4.78 is 5.46. The van der Waals surface area contributed by atoms with Gasteiger partial charge in [-0.2, -0.15) is 15.0 Å². The Balaban J connectivity index is 3.08. The molecule has 1 heterocycles. The maximum Gasteiger partial charge on any atom is 0.324 e. The molecule has 0 fully saturated rings. The SMILES string of the molecule is C#CC(C)(C)Oc1nc(NN)nc(N(C)C)n1. The number of nitrogens with two attached hydrogens (primary N) is 1. The molecule has 0 atom stereocenters. The minimum atomic E-state index is -0.795. The molecular weight excluding hydrogens is 220 g/mol. The second kappa shape index (κ2) is 4.84. The van der Waals surface area contributed by atoms with Crippen molar-refractivity contribution in [3.8, 4) is 18.4 Å². The van der Waals surface area contributed by atoms with Crippen molar-refractivity contribution in [2.45, 2.75) is 19.4 Å². The minimum Gasteiger partial charge on any atom is -0.444 e. The fourth-order valence-electron chi connectivity index (χ4n) is 0.914. The zero-order chi connectivity index (χ0) is 13.1. The molecule has 0 aliphatic carbocycles. The average Bonchev–Trinajstić information content (AvgIpc) is 2.28. The number of nitrogen functional groups attached to an aromatic ring is 1. The van der Waals surface area contributed by atoms with Gasteiger partial charge < -0.3 is 9.64 Å². The summed E-state index contributed by atoms with van der Waals surface area (Å²) in [6.07, 6.45) is 5.33. The van der Waals surface area contributed by atoms with Crippen LogP contribution < -0.4 is 20.9 Å². The Morgan fingerprint density at radius 2 is 2.00 bits per heavy atom. The Morgan fingerprint density at radius 3 is 2.47 bits per heavy atom. The first kappa shape index (κ1) is 13.0. The largest absolute Gasteiger partial charge is 0.444 e. The van der Waals surface area contributed by atoms with Crippen LogP contribution in [-0.2, 0) is 0 Å². The van der Waals surface area contributed by atoms with E-state index in [1.54, 1.807) is 32.8 Å². The summed E-state index contributed by atoms with van der Waals surface area (Å²) in [5, 5.41) is 0. The average molecular weight is 236 g/mol. The van der Waals surface area contributed by atoms with E-state index in [2.05, 4.69) is 26.3 Å². The van der Waals surface area contributed by atoms with Crippen LogP contribution in [0, 0.1) is 12.3 Å². The summed E-state index contributed by atoms with van der Waals surface area (Å²) >= 11 is 0. The predicted octanol–water partition coefficient (Wildman–Crippen LogP) is 0.0138. The number of hydrazine groups is 1. The number of rotatable bonds is 4. The highest BCUT2D eigenvalue weighted by atomic mass is 16.5. The molecule has 0 spiro atoms. The number of nitrogens with zero attached hydrogens (tertiary/aromatic N) is 4. The third-order valence-corrected chi connectivity index (χ3v) is 1.83. The Hall–Kier alpha value is -2.07. The zero-order valence-electron chi connectivity index (χ0n) is 10.4. The van der Waals surface area contributed by atoms with E-state index in [1.807, 2.05) is 0 Å². The van der Waals surface area contributed by atoms with Gasteiger partial charge in [-0.25, -0.2) is 5.84 Å². The van der Waals surface area contributed by atoms with Crippen molar-refractivity contribution in [2.24, 2.45) is 5.84 Å². The molecule has 1 aromatic rings. The third kappa shape index (κ3) is 3.46. The molecule has 0 amide bonds. The summed E-state index contributed by atoms with van der Waals surface area (Å²) in [5.74, 6) is 8.40. The highest BCUT2D eigenvalue weighted by Gasteiger charge is 2.19. The summed E-state index contributed by atoms with van der Waals surface area (Å²) in [5.41, 5.74) is 1.55. The smallest absolute Gasteiger partial charge is 0.324 e. The molecule has 0 saturated carbocycles. The second-order valence-corrected chi connectivity index (χ2v) is 4.04. The molecule has 0 bridgehead atoms. The van der Waals surface area contributed by atoms with Crippen LogP contribution in [0.1, 0.15) is 13.8 Å². The van der Waals surface area contributed by atoms with Gasteiger partial charge in [0, 0.05) is 14.1 Å². The summed E-state index contributed by atoms with van der Waals surface area (Å²) in [4.78, 5) is 13.8. The van der Waals surface area contributed by atoms with E-state index >= 15 is 0 Å². The third-order valence-electron chi connectivity index (χ3n) is 1.83. The number of aromatic nitrogens is 3. The second-order valence-electron chi connectivity index (χ2n) is 4.04. The fraction of sp³-hybridized carbons (Fsp3) is 0.500. The van der Waals surface area contributed by atoms with Crippen molar-refractivity contribution >= 4 is 11.9 Å². The normalized spacial score (nSPS) is 10.6. The van der Waals surface area contributed by atoms with E-state index in [4.69, 9.17) is 17.0 Å². The van der Waals surface area contributed by atoms with E-state index in [0.29, 0.717) is 5.95 Å². The maximum atomic E-state index is 5.46. The van der Waals surface area contributed by atoms with Crippen LogP contribution in [-0.4, -0.2) is 34.6 Å². The van der Waals surface area contributed by atoms with Gasteiger partial charge in [-0.15, -0.1) is 6.42 Å². The molecule has 0 aliphatic heterocycles. The molecule has 1 aromatic heterocycles. The van der Waals surface area contributed by atoms with Crippen LogP contribution in [0.3, 0.4) is 0 Å². The number of hydrogen-bond acceptors (Lipinski definition) is 7. The monoisotopic (exact) mass is 236 g/mol. The molecule has 0 aliphatic rings. The van der Waals surface area contributed by atoms with Crippen LogP contribution >= 0.6 is 0 Å². The van der Waals surface area contributed by atoms with Crippen LogP contribution in [0.25, 0.3) is 0 Å². The van der Waals surface area contributed by atoms with E-state index in [0.717, 1.165) is 0 Å². The highest BCUT2D eigenvalue weighted by molar-refractivity contribution is 5.36. The van der Waals surface area contributed by atoms with E-state index in [-0.39, 0.29) is 12.0 Å². The lowest BCUT2D eigenvalue weighted by atomic mass is 10.2. The zero-order valence-corrected chi connectivity index (χ0v) is 10.4. The van der Waals surface area contributed by atoms with Gasteiger partial charge in [0.2, 0.25) is 11.9 Å². The molecule has 0 radical (unpaired) electrons. The van der Waals surface area contributed by atoms with Gasteiger partial charge in [0.1, 0.15) is 0 Å². The van der Waals surface area contributed by atoms with Crippen molar-refractivity contribution < 1.29 is 4.74 Å². The summed E-state index contributed by atoms with van der Waals surface area (Å²) in [6, 6.07) is 0.125. The quantitative estimate of drug-likeness (QED) is 0.432. The topological polar surface area (TPSA) is 89.2 Å². The Bertz CT molecular complexity index is 437. The van der Waals surface area contributed by atoms with Gasteiger partial charge in [0.05, 0.1) is 0 Å². The lowest BCUT2D eigenvalue weighted by Crippen LogP contribution is -2.28. The Labute approximate surface area is 100 Å².